The van der Waals surface area contributed by atoms with Crippen molar-refractivity contribution in [3.8, 4) is 0 Å². The highest BCUT2D eigenvalue weighted by molar-refractivity contribution is 5.80. The minimum Gasteiger partial charge on any atom is -0.373 e. The number of nitrogens with zero attached hydrogens (tertiary/aromatic N) is 2. The Morgan fingerprint density at radius 1 is 1.35 bits per heavy atom. The van der Waals surface area contributed by atoms with Crippen LogP contribution < -0.4 is 10.6 Å². The quantitative estimate of drug-likeness (QED) is 0.583. The summed E-state index contributed by atoms with van der Waals surface area (Å²) in [6, 6.07) is 0.425. The van der Waals surface area contributed by atoms with Crippen LogP contribution in [0.4, 0.5) is 0 Å². The normalized spacial score (nSPS) is 33.9. The van der Waals surface area contributed by atoms with E-state index in [2.05, 4.69) is 36.3 Å². The highest BCUT2D eigenvalue weighted by Gasteiger charge is 2.41. The number of fused-ring (bicyclic) bond motifs is 2. The van der Waals surface area contributed by atoms with Crippen LogP contribution in [0.1, 0.15) is 40.0 Å². The predicted molar refractivity (Wildman–Crippen MR) is 91.9 cm³/mol. The first kappa shape index (κ1) is 17.0. The van der Waals surface area contributed by atoms with E-state index >= 15 is 0 Å². The minimum atomic E-state index is -0.0366. The standard InChI is InChI=1S/C17H32N4O2/c1-4-18-16(20-14-11-13-5-6-15(14)23-13)19-7-8-21-9-10-22-17(2,3)12-21/h13-15H,4-12H2,1-3H3,(H2,18,19,20). The maximum Gasteiger partial charge on any atom is 0.191 e. The topological polar surface area (TPSA) is 58.1 Å². The van der Waals surface area contributed by atoms with Gasteiger partial charge in [0.1, 0.15) is 0 Å². The summed E-state index contributed by atoms with van der Waals surface area (Å²) >= 11 is 0. The molecule has 3 saturated heterocycles. The van der Waals surface area contributed by atoms with Crippen molar-refractivity contribution >= 4 is 5.96 Å². The summed E-state index contributed by atoms with van der Waals surface area (Å²) in [7, 11) is 0. The van der Waals surface area contributed by atoms with E-state index in [0.717, 1.165) is 51.7 Å². The third-order valence-corrected chi connectivity index (χ3v) is 4.96. The van der Waals surface area contributed by atoms with Crippen LogP contribution in [0.3, 0.4) is 0 Å². The number of hydrogen-bond acceptors (Lipinski definition) is 4. The molecule has 0 radical (unpaired) electrons. The number of nitrogens with one attached hydrogen (secondary N) is 2. The molecule has 6 nitrogen and oxygen atoms in total. The van der Waals surface area contributed by atoms with Gasteiger partial charge in [-0.15, -0.1) is 0 Å². The van der Waals surface area contributed by atoms with Crippen LogP contribution in [0.5, 0.6) is 0 Å². The summed E-state index contributed by atoms with van der Waals surface area (Å²) in [5.41, 5.74) is -0.0366. The molecular formula is C17H32N4O2. The summed E-state index contributed by atoms with van der Waals surface area (Å²) in [5, 5.41) is 6.94. The van der Waals surface area contributed by atoms with Crippen molar-refractivity contribution in [2.75, 3.05) is 39.3 Å². The Morgan fingerprint density at radius 3 is 2.87 bits per heavy atom. The van der Waals surface area contributed by atoms with Crippen LogP contribution in [0.15, 0.2) is 4.99 Å². The van der Waals surface area contributed by atoms with Gasteiger partial charge in [0.25, 0.3) is 0 Å². The largest absolute Gasteiger partial charge is 0.373 e. The fraction of sp³-hybridized carbons (Fsp3) is 0.941. The Balaban J connectivity index is 1.47. The summed E-state index contributed by atoms with van der Waals surface area (Å²) in [5.74, 6) is 0.932. The number of morpholine rings is 1. The second kappa shape index (κ2) is 7.36. The van der Waals surface area contributed by atoms with E-state index in [4.69, 9.17) is 14.5 Å². The van der Waals surface area contributed by atoms with Crippen LogP contribution in [0.25, 0.3) is 0 Å². The van der Waals surface area contributed by atoms with E-state index < -0.39 is 0 Å². The number of guanidine groups is 1. The molecule has 0 spiro atoms. The highest BCUT2D eigenvalue weighted by Crippen LogP contribution is 2.34. The van der Waals surface area contributed by atoms with Crippen molar-refractivity contribution in [1.29, 1.82) is 0 Å². The molecule has 3 unspecified atom stereocenters. The zero-order chi connectivity index (χ0) is 16.3. The molecule has 6 heteroatoms. The van der Waals surface area contributed by atoms with Crippen molar-refractivity contribution in [3.63, 3.8) is 0 Å². The Labute approximate surface area is 140 Å². The van der Waals surface area contributed by atoms with Crippen LogP contribution in [-0.2, 0) is 9.47 Å². The first-order valence-corrected chi connectivity index (χ1v) is 9.12. The summed E-state index contributed by atoms with van der Waals surface area (Å²) in [4.78, 5) is 7.20. The van der Waals surface area contributed by atoms with E-state index in [0.29, 0.717) is 18.2 Å². The molecule has 2 bridgehead atoms. The summed E-state index contributed by atoms with van der Waals surface area (Å²) in [6.45, 7) is 11.9. The molecule has 0 aromatic heterocycles. The molecule has 0 aromatic rings. The van der Waals surface area contributed by atoms with Crippen LogP contribution in [-0.4, -0.2) is 74.0 Å². The van der Waals surface area contributed by atoms with Crippen molar-refractivity contribution < 1.29 is 9.47 Å². The van der Waals surface area contributed by atoms with Crippen LogP contribution >= 0.6 is 0 Å². The molecule has 3 fully saturated rings. The SMILES string of the molecule is CCNC(=NCCN1CCOC(C)(C)C1)NC1CC2CCC1O2. The molecule has 3 aliphatic heterocycles. The number of aliphatic imine (C=N–C) groups is 1. The van der Waals surface area contributed by atoms with Crippen molar-refractivity contribution in [2.45, 2.75) is 63.9 Å². The van der Waals surface area contributed by atoms with E-state index in [-0.39, 0.29) is 5.60 Å². The Kier molecular flexibility index (Phi) is 5.44. The fourth-order valence-corrected chi connectivity index (χ4v) is 3.89. The van der Waals surface area contributed by atoms with Gasteiger partial charge >= 0.3 is 0 Å². The molecule has 3 aliphatic rings. The third kappa shape index (κ3) is 4.58. The maximum absolute atomic E-state index is 5.92. The highest BCUT2D eigenvalue weighted by atomic mass is 16.5. The molecule has 23 heavy (non-hydrogen) atoms. The van der Waals surface area contributed by atoms with Crippen molar-refractivity contribution in [3.05, 3.63) is 0 Å². The molecular weight excluding hydrogens is 292 g/mol. The predicted octanol–water partition coefficient (Wildman–Crippen LogP) is 0.972. The van der Waals surface area contributed by atoms with E-state index in [1.165, 1.54) is 12.8 Å². The first-order valence-electron chi connectivity index (χ1n) is 9.12. The lowest BCUT2D eigenvalue weighted by molar-refractivity contribution is -0.0850. The Morgan fingerprint density at radius 2 is 2.22 bits per heavy atom. The van der Waals surface area contributed by atoms with E-state index in [1.54, 1.807) is 0 Å². The van der Waals surface area contributed by atoms with Crippen molar-refractivity contribution in [2.24, 2.45) is 4.99 Å². The van der Waals surface area contributed by atoms with E-state index in [1.807, 2.05) is 0 Å². The van der Waals surface area contributed by atoms with Crippen molar-refractivity contribution in [1.82, 2.24) is 15.5 Å². The minimum absolute atomic E-state index is 0.0366. The zero-order valence-electron chi connectivity index (χ0n) is 14.8. The third-order valence-electron chi connectivity index (χ3n) is 4.96. The van der Waals surface area contributed by atoms with Gasteiger partial charge in [-0.05, 0) is 40.0 Å². The van der Waals surface area contributed by atoms with Gasteiger partial charge in [-0.25, -0.2) is 0 Å². The molecule has 132 valence electrons. The molecule has 0 saturated carbocycles. The van der Waals surface area contributed by atoms with Gasteiger partial charge in [0.05, 0.1) is 37.0 Å². The van der Waals surface area contributed by atoms with Gasteiger partial charge in [-0.1, -0.05) is 0 Å². The number of ether oxygens (including phenoxy) is 2. The Hall–Kier alpha value is -0.850. The fourth-order valence-electron chi connectivity index (χ4n) is 3.89. The average molecular weight is 324 g/mol. The molecule has 0 aliphatic carbocycles. The van der Waals surface area contributed by atoms with Gasteiger partial charge in [0, 0.05) is 26.2 Å². The van der Waals surface area contributed by atoms with Gasteiger partial charge in [0.2, 0.25) is 0 Å². The summed E-state index contributed by atoms with van der Waals surface area (Å²) in [6.07, 6.45) is 4.38. The smallest absolute Gasteiger partial charge is 0.191 e. The summed E-state index contributed by atoms with van der Waals surface area (Å²) < 4.78 is 11.7. The molecule has 2 N–H and O–H groups in total. The maximum atomic E-state index is 5.92. The first-order chi connectivity index (χ1) is 11.1. The van der Waals surface area contributed by atoms with Crippen LogP contribution in [0.2, 0.25) is 0 Å². The Bertz CT molecular complexity index is 427. The number of hydrogen-bond donors (Lipinski definition) is 2. The second-order valence-electron chi connectivity index (χ2n) is 7.51. The van der Waals surface area contributed by atoms with Gasteiger partial charge in [0.15, 0.2) is 5.96 Å². The molecule has 0 amide bonds. The lowest BCUT2D eigenvalue weighted by atomic mass is 9.96. The van der Waals surface area contributed by atoms with Gasteiger partial charge in [-0.3, -0.25) is 9.89 Å². The average Bonchev–Trinajstić information content (AvgIpc) is 3.09. The monoisotopic (exact) mass is 324 g/mol. The van der Waals surface area contributed by atoms with Crippen LogP contribution in [0, 0.1) is 0 Å². The lowest BCUT2D eigenvalue weighted by Crippen LogP contribution is -2.49. The molecule has 3 heterocycles. The lowest BCUT2D eigenvalue weighted by Gasteiger charge is -2.37. The second-order valence-corrected chi connectivity index (χ2v) is 7.51. The number of rotatable bonds is 5. The zero-order valence-corrected chi connectivity index (χ0v) is 14.8. The molecule has 3 atom stereocenters. The van der Waals surface area contributed by atoms with E-state index in [9.17, 15) is 0 Å². The van der Waals surface area contributed by atoms with Gasteiger partial charge < -0.3 is 20.1 Å². The van der Waals surface area contributed by atoms with Gasteiger partial charge in [-0.2, -0.15) is 0 Å². The molecule has 3 rings (SSSR count). The molecule has 0 aromatic carbocycles.